The molecule has 0 unspecified atom stereocenters. The van der Waals surface area contributed by atoms with E-state index in [-0.39, 0.29) is 18.2 Å². The van der Waals surface area contributed by atoms with E-state index >= 15 is 0 Å². The summed E-state index contributed by atoms with van der Waals surface area (Å²) in [5.41, 5.74) is 1.09. The van der Waals surface area contributed by atoms with Crippen LogP contribution in [0.1, 0.15) is 24.8 Å². The average Bonchev–Trinajstić information content (AvgIpc) is 3.05. The molecule has 0 radical (unpaired) electrons. The smallest absolute Gasteiger partial charge is 0.232 e. The molecule has 2 amide bonds. The number of ether oxygens (including phenoxy) is 2. The first-order chi connectivity index (χ1) is 12.1. The van der Waals surface area contributed by atoms with Gasteiger partial charge in [-0.25, -0.2) is 0 Å². The fourth-order valence-electron chi connectivity index (χ4n) is 3.19. The number of halogens is 1. The Kier molecular flexibility index (Phi) is 5.93. The molecule has 25 heavy (non-hydrogen) atoms. The Hall–Kier alpha value is -1.63. The molecule has 0 aromatic heterocycles. The van der Waals surface area contributed by atoms with E-state index in [4.69, 9.17) is 21.1 Å². The van der Waals surface area contributed by atoms with Gasteiger partial charge in [0.1, 0.15) is 6.42 Å². The van der Waals surface area contributed by atoms with E-state index < -0.39 is 5.79 Å². The van der Waals surface area contributed by atoms with Crippen LogP contribution in [0.25, 0.3) is 0 Å². The number of piperidine rings is 1. The molecule has 2 fully saturated rings. The third kappa shape index (κ3) is 4.93. The van der Waals surface area contributed by atoms with E-state index in [0.717, 1.165) is 5.56 Å². The Balaban J connectivity index is 1.36. The van der Waals surface area contributed by atoms with Crippen LogP contribution in [0.2, 0.25) is 5.02 Å². The summed E-state index contributed by atoms with van der Waals surface area (Å²) in [6, 6.07) is 7.50. The second-order valence-electron chi connectivity index (χ2n) is 6.39. The first-order valence-electron chi connectivity index (χ1n) is 8.63. The Morgan fingerprint density at radius 2 is 1.76 bits per heavy atom. The number of benzene rings is 1. The third-order valence-corrected chi connectivity index (χ3v) is 4.90. The summed E-state index contributed by atoms with van der Waals surface area (Å²) in [5.74, 6) is -0.887. The molecule has 2 aliphatic rings. The number of hydrogen-bond donors (Lipinski definition) is 1. The van der Waals surface area contributed by atoms with Gasteiger partial charge in [-0.05, 0) is 24.1 Å². The number of likely N-dealkylation sites (tertiary alicyclic amines) is 1. The van der Waals surface area contributed by atoms with Crippen molar-refractivity contribution in [3.05, 3.63) is 34.9 Å². The second kappa shape index (κ2) is 8.17. The standard InChI is InChI=1S/C18H23ClN2O4/c19-15-3-1-14(2-4-15)5-8-20-16(22)13-17(23)21-9-6-18(7-10-21)24-11-12-25-18/h1-4H,5-13H2,(H,20,22). The van der Waals surface area contributed by atoms with E-state index in [1.54, 1.807) is 4.90 Å². The van der Waals surface area contributed by atoms with Crippen LogP contribution in [0.3, 0.4) is 0 Å². The third-order valence-electron chi connectivity index (χ3n) is 4.65. The average molecular weight is 367 g/mol. The molecular formula is C18H23ClN2O4. The number of hydrogen-bond acceptors (Lipinski definition) is 4. The predicted molar refractivity (Wildman–Crippen MR) is 93.2 cm³/mol. The monoisotopic (exact) mass is 366 g/mol. The Morgan fingerprint density at radius 3 is 2.40 bits per heavy atom. The van der Waals surface area contributed by atoms with E-state index in [0.29, 0.717) is 57.1 Å². The van der Waals surface area contributed by atoms with Crippen LogP contribution < -0.4 is 5.32 Å². The second-order valence-corrected chi connectivity index (χ2v) is 6.83. The molecule has 136 valence electrons. The molecule has 0 bridgehead atoms. The fourth-order valence-corrected chi connectivity index (χ4v) is 3.32. The van der Waals surface area contributed by atoms with Crippen LogP contribution >= 0.6 is 11.6 Å². The van der Waals surface area contributed by atoms with Crippen LogP contribution in [0.15, 0.2) is 24.3 Å². The minimum atomic E-state index is -0.502. The summed E-state index contributed by atoms with van der Waals surface area (Å²) in [4.78, 5) is 25.9. The van der Waals surface area contributed by atoms with E-state index in [9.17, 15) is 9.59 Å². The maximum absolute atomic E-state index is 12.3. The highest BCUT2D eigenvalue weighted by atomic mass is 35.5. The molecular weight excluding hydrogens is 344 g/mol. The molecule has 6 nitrogen and oxygen atoms in total. The van der Waals surface area contributed by atoms with Crippen molar-refractivity contribution in [1.82, 2.24) is 10.2 Å². The number of carbonyl (C=O) groups is 2. The van der Waals surface area contributed by atoms with Gasteiger partial charge in [0.2, 0.25) is 11.8 Å². The molecule has 2 heterocycles. The van der Waals surface area contributed by atoms with Crippen molar-refractivity contribution >= 4 is 23.4 Å². The van der Waals surface area contributed by atoms with Crippen molar-refractivity contribution in [3.8, 4) is 0 Å². The lowest BCUT2D eigenvalue weighted by atomic mass is 10.0. The summed E-state index contributed by atoms with van der Waals surface area (Å²) in [6.07, 6.45) is 1.92. The van der Waals surface area contributed by atoms with Crippen LogP contribution in [0.5, 0.6) is 0 Å². The maximum Gasteiger partial charge on any atom is 0.232 e. The SMILES string of the molecule is O=C(CC(=O)N1CCC2(CC1)OCCO2)NCCc1ccc(Cl)cc1. The van der Waals surface area contributed by atoms with Crippen molar-refractivity contribution in [1.29, 1.82) is 0 Å². The lowest BCUT2D eigenvalue weighted by molar-refractivity contribution is -0.187. The molecule has 0 atom stereocenters. The van der Waals surface area contributed by atoms with Gasteiger partial charge in [0.15, 0.2) is 5.79 Å². The molecule has 0 aliphatic carbocycles. The minimum Gasteiger partial charge on any atom is -0.355 e. The van der Waals surface area contributed by atoms with Crippen molar-refractivity contribution in [2.24, 2.45) is 0 Å². The van der Waals surface area contributed by atoms with E-state index in [1.165, 1.54) is 0 Å². The summed E-state index contributed by atoms with van der Waals surface area (Å²) in [6.45, 7) is 2.86. The lowest BCUT2D eigenvalue weighted by Crippen LogP contribution is -2.48. The van der Waals surface area contributed by atoms with Gasteiger partial charge in [-0.3, -0.25) is 9.59 Å². The number of amides is 2. The zero-order valence-corrected chi connectivity index (χ0v) is 14.9. The fraction of sp³-hybridized carbons (Fsp3) is 0.556. The van der Waals surface area contributed by atoms with Gasteiger partial charge in [0.25, 0.3) is 0 Å². The predicted octanol–water partition coefficient (Wildman–Crippen LogP) is 1.75. The van der Waals surface area contributed by atoms with Gasteiger partial charge in [0.05, 0.1) is 13.2 Å². The Labute approximate surface area is 152 Å². The van der Waals surface area contributed by atoms with Gasteiger partial charge >= 0.3 is 0 Å². The highest BCUT2D eigenvalue weighted by molar-refractivity contribution is 6.30. The largest absolute Gasteiger partial charge is 0.355 e. The van der Waals surface area contributed by atoms with Gasteiger partial charge in [-0.1, -0.05) is 23.7 Å². The topological polar surface area (TPSA) is 67.9 Å². The first-order valence-corrected chi connectivity index (χ1v) is 9.01. The van der Waals surface area contributed by atoms with Gasteiger partial charge in [0, 0.05) is 37.5 Å². The van der Waals surface area contributed by atoms with Gasteiger partial charge in [-0.2, -0.15) is 0 Å². The summed E-state index contributed by atoms with van der Waals surface area (Å²) in [5, 5.41) is 3.49. The number of nitrogens with zero attached hydrogens (tertiary/aromatic N) is 1. The quantitative estimate of drug-likeness (QED) is 0.806. The molecule has 2 aliphatic heterocycles. The zero-order chi connectivity index (χ0) is 17.7. The summed E-state index contributed by atoms with van der Waals surface area (Å²) < 4.78 is 11.3. The lowest BCUT2D eigenvalue weighted by Gasteiger charge is -2.37. The van der Waals surface area contributed by atoms with Crippen LogP contribution in [-0.4, -0.2) is 55.3 Å². The Morgan fingerprint density at radius 1 is 1.12 bits per heavy atom. The first kappa shape index (κ1) is 18.2. The summed E-state index contributed by atoms with van der Waals surface area (Å²) in [7, 11) is 0. The van der Waals surface area contributed by atoms with Gasteiger partial charge < -0.3 is 19.7 Å². The maximum atomic E-state index is 12.3. The van der Waals surface area contributed by atoms with Crippen molar-refractivity contribution in [2.75, 3.05) is 32.8 Å². The van der Waals surface area contributed by atoms with Crippen LogP contribution in [-0.2, 0) is 25.5 Å². The van der Waals surface area contributed by atoms with E-state index in [2.05, 4.69) is 5.32 Å². The van der Waals surface area contributed by atoms with Crippen molar-refractivity contribution in [3.63, 3.8) is 0 Å². The Bertz CT molecular complexity index is 604. The van der Waals surface area contributed by atoms with E-state index in [1.807, 2.05) is 24.3 Å². The van der Waals surface area contributed by atoms with Gasteiger partial charge in [-0.15, -0.1) is 0 Å². The molecule has 3 rings (SSSR count). The molecule has 7 heteroatoms. The minimum absolute atomic E-state index is 0.116. The molecule has 1 aromatic rings. The number of nitrogens with one attached hydrogen (secondary N) is 1. The number of rotatable bonds is 5. The highest BCUT2D eigenvalue weighted by Crippen LogP contribution is 2.31. The summed E-state index contributed by atoms with van der Waals surface area (Å²) >= 11 is 5.84. The van der Waals surface area contributed by atoms with Crippen molar-refractivity contribution < 1.29 is 19.1 Å². The van der Waals surface area contributed by atoms with Crippen LogP contribution in [0.4, 0.5) is 0 Å². The molecule has 1 aromatic carbocycles. The number of carbonyl (C=O) groups excluding carboxylic acids is 2. The zero-order valence-electron chi connectivity index (χ0n) is 14.1. The molecule has 2 saturated heterocycles. The van der Waals surface area contributed by atoms with Crippen molar-refractivity contribution in [2.45, 2.75) is 31.5 Å². The normalized spacial score (nSPS) is 19.2. The molecule has 0 saturated carbocycles. The highest BCUT2D eigenvalue weighted by Gasteiger charge is 2.40. The molecule has 1 spiro atoms. The van der Waals surface area contributed by atoms with Crippen LogP contribution in [0, 0.1) is 0 Å². The molecule has 1 N–H and O–H groups in total.